The summed E-state index contributed by atoms with van der Waals surface area (Å²) in [5.41, 5.74) is 3.04. The van der Waals surface area contributed by atoms with Gasteiger partial charge in [0.25, 0.3) is 0 Å². The Labute approximate surface area is 163 Å². The van der Waals surface area contributed by atoms with Crippen LogP contribution >= 0.6 is 0 Å². The molecule has 0 saturated heterocycles. The van der Waals surface area contributed by atoms with Crippen LogP contribution in [0.1, 0.15) is 17.3 Å². The van der Waals surface area contributed by atoms with Crippen molar-refractivity contribution in [1.29, 1.82) is 0 Å². The molecule has 0 unspecified atom stereocenters. The molecule has 2 aromatic heterocycles. The second kappa shape index (κ2) is 7.40. The summed E-state index contributed by atoms with van der Waals surface area (Å²) < 4.78 is 0. The van der Waals surface area contributed by atoms with Crippen LogP contribution in [-0.4, -0.2) is 52.8 Å². The van der Waals surface area contributed by atoms with Crippen molar-refractivity contribution < 1.29 is 4.79 Å². The number of likely N-dealkylation sites (N-methyl/N-ethyl adjacent to an activating group) is 1. The van der Waals surface area contributed by atoms with Gasteiger partial charge in [-0.2, -0.15) is 0 Å². The molecule has 2 heterocycles. The van der Waals surface area contributed by atoms with Crippen LogP contribution in [-0.2, 0) is 0 Å². The number of ketones is 1. The molecule has 4 rings (SSSR count). The highest BCUT2D eigenvalue weighted by molar-refractivity contribution is 6.12. The molecule has 0 spiro atoms. The summed E-state index contributed by atoms with van der Waals surface area (Å²) in [7, 11) is 4.07. The van der Waals surface area contributed by atoms with Crippen molar-refractivity contribution in [3.63, 3.8) is 0 Å². The number of H-pyrrole nitrogens is 1. The van der Waals surface area contributed by atoms with Crippen molar-refractivity contribution in [3.8, 4) is 11.5 Å². The molecular formula is C22H23N5O. The molecule has 0 radical (unpaired) electrons. The van der Waals surface area contributed by atoms with E-state index in [-0.39, 0.29) is 5.78 Å². The van der Waals surface area contributed by atoms with Crippen LogP contribution in [0.4, 0.5) is 5.82 Å². The van der Waals surface area contributed by atoms with Gasteiger partial charge in [-0.25, -0.2) is 9.97 Å². The van der Waals surface area contributed by atoms with Gasteiger partial charge in [-0.05, 0) is 39.2 Å². The molecule has 2 N–H and O–H groups in total. The number of rotatable bonds is 6. The Morgan fingerprint density at radius 3 is 2.50 bits per heavy atom. The highest BCUT2D eigenvalue weighted by atomic mass is 16.1. The normalized spacial score (nSPS) is 11.4. The number of hydrogen-bond acceptors (Lipinski definition) is 5. The van der Waals surface area contributed by atoms with Crippen molar-refractivity contribution in [3.05, 3.63) is 54.1 Å². The quantitative estimate of drug-likeness (QED) is 0.501. The van der Waals surface area contributed by atoms with Crippen molar-refractivity contribution in [2.45, 2.75) is 6.92 Å². The number of carbonyl (C=O) groups is 1. The second-order valence-corrected chi connectivity index (χ2v) is 7.12. The third-order valence-corrected chi connectivity index (χ3v) is 4.74. The molecule has 28 heavy (non-hydrogen) atoms. The van der Waals surface area contributed by atoms with Crippen molar-refractivity contribution >= 4 is 33.4 Å². The van der Waals surface area contributed by atoms with E-state index in [1.807, 2.05) is 62.6 Å². The lowest BCUT2D eigenvalue weighted by Gasteiger charge is -2.13. The number of para-hydroxylation sites is 2. The Hall–Kier alpha value is -3.25. The SMILES string of the molecule is CC(=O)c1c(-c2nc(NCCN(C)C)c3ccccc3n2)[nH]c2ccccc12. The standard InChI is InChI=1S/C22H23N5O/c1-14(28)19-15-8-4-6-10-17(15)24-20(19)22-25-18-11-7-5-9-16(18)21(26-22)23-12-13-27(2)3/h4-11,24H,12-13H2,1-3H3,(H,23,25,26). The number of nitrogens with zero attached hydrogens (tertiary/aromatic N) is 3. The molecule has 142 valence electrons. The molecule has 0 bridgehead atoms. The third-order valence-electron chi connectivity index (χ3n) is 4.74. The van der Waals surface area contributed by atoms with Gasteiger partial charge < -0.3 is 15.2 Å². The second-order valence-electron chi connectivity index (χ2n) is 7.12. The number of benzene rings is 2. The van der Waals surface area contributed by atoms with Crippen LogP contribution in [0.5, 0.6) is 0 Å². The maximum absolute atomic E-state index is 12.4. The molecule has 0 saturated carbocycles. The molecule has 6 heteroatoms. The van der Waals surface area contributed by atoms with E-state index in [9.17, 15) is 4.79 Å². The van der Waals surface area contributed by atoms with Crippen LogP contribution in [0, 0.1) is 0 Å². The molecule has 0 fully saturated rings. The van der Waals surface area contributed by atoms with E-state index in [1.165, 1.54) is 0 Å². The number of aromatic amines is 1. The van der Waals surface area contributed by atoms with E-state index in [1.54, 1.807) is 6.92 Å². The molecule has 0 amide bonds. The van der Waals surface area contributed by atoms with Crippen molar-refractivity contribution in [2.24, 2.45) is 0 Å². The Morgan fingerprint density at radius 2 is 1.75 bits per heavy atom. The Kier molecular flexibility index (Phi) is 4.79. The lowest BCUT2D eigenvalue weighted by atomic mass is 10.1. The first-order valence-corrected chi connectivity index (χ1v) is 9.32. The first-order chi connectivity index (χ1) is 13.5. The number of hydrogen-bond donors (Lipinski definition) is 2. The number of fused-ring (bicyclic) bond motifs is 2. The summed E-state index contributed by atoms with van der Waals surface area (Å²) in [6.07, 6.45) is 0. The number of aromatic nitrogens is 3. The lowest BCUT2D eigenvalue weighted by molar-refractivity contribution is 0.102. The van der Waals surface area contributed by atoms with E-state index < -0.39 is 0 Å². The van der Waals surface area contributed by atoms with Gasteiger partial charge in [-0.1, -0.05) is 30.3 Å². The van der Waals surface area contributed by atoms with Crippen LogP contribution in [0.25, 0.3) is 33.3 Å². The number of Topliss-reactive ketones (excluding diaryl/α,β-unsaturated/α-hetero) is 1. The van der Waals surface area contributed by atoms with Gasteiger partial charge in [-0.15, -0.1) is 0 Å². The monoisotopic (exact) mass is 373 g/mol. The van der Waals surface area contributed by atoms with Gasteiger partial charge in [0, 0.05) is 29.4 Å². The van der Waals surface area contributed by atoms with Crippen molar-refractivity contribution in [1.82, 2.24) is 19.9 Å². The average molecular weight is 373 g/mol. The predicted octanol–water partition coefficient (Wildman–Crippen LogP) is 3.95. The van der Waals surface area contributed by atoms with Gasteiger partial charge in [0.2, 0.25) is 0 Å². The van der Waals surface area contributed by atoms with E-state index in [2.05, 4.69) is 15.2 Å². The zero-order valence-electron chi connectivity index (χ0n) is 16.3. The van der Waals surface area contributed by atoms with E-state index in [4.69, 9.17) is 9.97 Å². The average Bonchev–Trinajstić information content (AvgIpc) is 3.07. The van der Waals surface area contributed by atoms with Crippen LogP contribution < -0.4 is 5.32 Å². The van der Waals surface area contributed by atoms with Gasteiger partial charge in [0.15, 0.2) is 11.6 Å². The van der Waals surface area contributed by atoms with Crippen molar-refractivity contribution in [2.75, 3.05) is 32.5 Å². The molecular weight excluding hydrogens is 350 g/mol. The number of nitrogens with one attached hydrogen (secondary N) is 2. The minimum Gasteiger partial charge on any atom is -0.368 e. The first-order valence-electron chi connectivity index (χ1n) is 9.32. The Morgan fingerprint density at radius 1 is 1.04 bits per heavy atom. The first kappa shape index (κ1) is 18.1. The molecule has 0 aliphatic heterocycles. The highest BCUT2D eigenvalue weighted by Crippen LogP contribution is 2.31. The Balaban J connectivity index is 1.88. The fraction of sp³-hybridized carbons (Fsp3) is 0.227. The zero-order valence-corrected chi connectivity index (χ0v) is 16.3. The van der Waals surface area contributed by atoms with Gasteiger partial charge in [-0.3, -0.25) is 4.79 Å². The van der Waals surface area contributed by atoms with E-state index in [0.29, 0.717) is 17.1 Å². The summed E-state index contributed by atoms with van der Waals surface area (Å²) in [6.45, 7) is 3.23. The molecule has 0 aliphatic rings. The van der Waals surface area contributed by atoms with Gasteiger partial charge >= 0.3 is 0 Å². The summed E-state index contributed by atoms with van der Waals surface area (Å²) >= 11 is 0. The smallest absolute Gasteiger partial charge is 0.179 e. The van der Waals surface area contributed by atoms with Crippen LogP contribution in [0.15, 0.2) is 48.5 Å². The largest absolute Gasteiger partial charge is 0.368 e. The number of anilines is 1. The fourth-order valence-corrected chi connectivity index (χ4v) is 3.40. The summed E-state index contributed by atoms with van der Waals surface area (Å²) in [5, 5.41) is 5.28. The highest BCUT2D eigenvalue weighted by Gasteiger charge is 2.20. The predicted molar refractivity (Wildman–Crippen MR) is 114 cm³/mol. The van der Waals surface area contributed by atoms with Gasteiger partial charge in [0.1, 0.15) is 5.82 Å². The minimum absolute atomic E-state index is 0.00803. The fourth-order valence-electron chi connectivity index (χ4n) is 3.40. The maximum Gasteiger partial charge on any atom is 0.179 e. The Bertz CT molecular complexity index is 1160. The molecule has 6 nitrogen and oxygen atoms in total. The topological polar surface area (TPSA) is 73.9 Å². The maximum atomic E-state index is 12.4. The van der Waals surface area contributed by atoms with E-state index in [0.717, 1.165) is 40.7 Å². The third kappa shape index (κ3) is 3.34. The summed E-state index contributed by atoms with van der Waals surface area (Å²) in [5.74, 6) is 1.29. The minimum atomic E-state index is -0.00803. The van der Waals surface area contributed by atoms with Crippen LogP contribution in [0.2, 0.25) is 0 Å². The lowest BCUT2D eigenvalue weighted by Crippen LogP contribution is -2.21. The molecule has 0 atom stereocenters. The van der Waals surface area contributed by atoms with Crippen LogP contribution in [0.3, 0.4) is 0 Å². The molecule has 4 aromatic rings. The molecule has 2 aromatic carbocycles. The zero-order chi connectivity index (χ0) is 19.7. The number of carbonyl (C=O) groups excluding carboxylic acids is 1. The summed E-state index contributed by atoms with van der Waals surface area (Å²) in [6, 6.07) is 15.7. The van der Waals surface area contributed by atoms with Gasteiger partial charge in [0.05, 0.1) is 16.8 Å². The summed E-state index contributed by atoms with van der Waals surface area (Å²) in [4.78, 5) is 27.4. The molecule has 0 aliphatic carbocycles. The van der Waals surface area contributed by atoms with E-state index >= 15 is 0 Å².